The van der Waals surface area contributed by atoms with Crippen LogP contribution in [0.2, 0.25) is 0 Å². The van der Waals surface area contributed by atoms with Crippen LogP contribution in [-0.4, -0.2) is 17.0 Å². The lowest BCUT2D eigenvalue weighted by Crippen LogP contribution is -1.91. The van der Waals surface area contributed by atoms with Crippen LogP contribution in [0, 0.1) is 5.82 Å². The number of hydrogen-bond acceptors (Lipinski definition) is 3. The van der Waals surface area contributed by atoms with Crippen LogP contribution in [0.5, 0.6) is 0 Å². The van der Waals surface area contributed by atoms with Crippen molar-refractivity contribution >= 4 is 5.69 Å². The Bertz CT molecular complexity index is 471. The van der Waals surface area contributed by atoms with E-state index in [-0.39, 0.29) is 5.82 Å². The summed E-state index contributed by atoms with van der Waals surface area (Å²) in [4.78, 5) is 7.93. The second-order valence-electron chi connectivity index (χ2n) is 3.07. The largest absolute Gasteiger partial charge is 0.388 e. The summed E-state index contributed by atoms with van der Waals surface area (Å²) in [5, 5.41) is 3.00. The van der Waals surface area contributed by atoms with Gasteiger partial charge in [0.25, 0.3) is 0 Å². The summed E-state index contributed by atoms with van der Waals surface area (Å²) in [7, 11) is 1.82. The van der Waals surface area contributed by atoms with Crippen molar-refractivity contribution in [2.75, 3.05) is 12.4 Å². The fraction of sp³-hybridized carbons (Fsp3) is 0.0909. The Kier molecular flexibility index (Phi) is 2.58. The maximum Gasteiger partial charge on any atom is 0.142 e. The molecule has 0 spiro atoms. The summed E-state index contributed by atoms with van der Waals surface area (Å²) in [6.45, 7) is 0. The average molecular weight is 203 g/mol. The first kappa shape index (κ1) is 9.58. The van der Waals surface area contributed by atoms with E-state index in [0.717, 1.165) is 5.69 Å². The molecule has 0 amide bonds. The van der Waals surface area contributed by atoms with Crippen molar-refractivity contribution in [3.05, 3.63) is 42.6 Å². The highest BCUT2D eigenvalue weighted by atomic mass is 19.1. The summed E-state index contributed by atoms with van der Waals surface area (Å²) >= 11 is 0. The predicted octanol–water partition coefficient (Wildman–Crippen LogP) is 2.32. The van der Waals surface area contributed by atoms with Gasteiger partial charge in [-0.1, -0.05) is 0 Å². The Morgan fingerprint density at radius 3 is 2.87 bits per heavy atom. The highest BCUT2D eigenvalue weighted by molar-refractivity contribution is 5.62. The third-order valence-electron chi connectivity index (χ3n) is 2.05. The minimum atomic E-state index is -0.357. The van der Waals surface area contributed by atoms with E-state index in [4.69, 9.17) is 0 Å². The lowest BCUT2D eigenvalue weighted by Gasteiger charge is -2.03. The van der Waals surface area contributed by atoms with Crippen molar-refractivity contribution in [1.82, 2.24) is 9.97 Å². The summed E-state index contributed by atoms with van der Waals surface area (Å²) < 4.78 is 12.9. The zero-order valence-electron chi connectivity index (χ0n) is 8.24. The maximum absolute atomic E-state index is 12.9. The van der Waals surface area contributed by atoms with Gasteiger partial charge in [0, 0.05) is 30.7 Å². The van der Waals surface area contributed by atoms with Gasteiger partial charge in [-0.05, 0) is 18.2 Å². The molecule has 76 valence electrons. The molecule has 1 N–H and O–H groups in total. The summed E-state index contributed by atoms with van der Waals surface area (Å²) in [5.74, 6) is -0.357. The van der Waals surface area contributed by atoms with Crippen LogP contribution in [0.25, 0.3) is 11.3 Å². The summed E-state index contributed by atoms with van der Waals surface area (Å²) in [6, 6.07) is 5.10. The van der Waals surface area contributed by atoms with E-state index in [1.807, 2.05) is 19.2 Å². The van der Waals surface area contributed by atoms with Crippen LogP contribution in [0.15, 0.2) is 36.8 Å². The number of rotatable bonds is 2. The second-order valence-corrected chi connectivity index (χ2v) is 3.07. The van der Waals surface area contributed by atoms with Crippen LogP contribution in [0.3, 0.4) is 0 Å². The lowest BCUT2D eigenvalue weighted by atomic mass is 10.2. The molecule has 4 heteroatoms. The number of nitrogens with one attached hydrogen (secondary N) is 1. The van der Waals surface area contributed by atoms with E-state index in [9.17, 15) is 4.39 Å². The van der Waals surface area contributed by atoms with Crippen LogP contribution >= 0.6 is 0 Å². The van der Waals surface area contributed by atoms with Crippen molar-refractivity contribution < 1.29 is 4.39 Å². The van der Waals surface area contributed by atoms with E-state index in [2.05, 4.69) is 15.3 Å². The first-order valence-electron chi connectivity index (χ1n) is 4.54. The maximum atomic E-state index is 12.9. The smallest absolute Gasteiger partial charge is 0.142 e. The number of aromatic nitrogens is 2. The molecule has 0 aliphatic heterocycles. The first-order valence-corrected chi connectivity index (χ1v) is 4.54. The first-order chi connectivity index (χ1) is 7.29. The molecule has 2 rings (SSSR count). The molecule has 15 heavy (non-hydrogen) atoms. The molecule has 0 radical (unpaired) electrons. The Morgan fingerprint density at radius 2 is 2.13 bits per heavy atom. The van der Waals surface area contributed by atoms with Gasteiger partial charge in [-0.25, -0.2) is 4.39 Å². The third kappa shape index (κ3) is 2.10. The van der Waals surface area contributed by atoms with Crippen molar-refractivity contribution in [2.45, 2.75) is 0 Å². The van der Waals surface area contributed by atoms with Crippen molar-refractivity contribution in [1.29, 1.82) is 0 Å². The number of anilines is 1. The number of pyridine rings is 2. The van der Waals surface area contributed by atoms with E-state index in [1.54, 1.807) is 12.4 Å². The van der Waals surface area contributed by atoms with Gasteiger partial charge in [-0.3, -0.25) is 9.97 Å². The molecule has 2 aromatic rings. The summed E-state index contributed by atoms with van der Waals surface area (Å²) in [5.41, 5.74) is 2.31. The number of hydrogen-bond donors (Lipinski definition) is 1. The Balaban J connectivity index is 2.44. The van der Waals surface area contributed by atoms with Crippen LogP contribution in [-0.2, 0) is 0 Å². The quantitative estimate of drug-likeness (QED) is 0.813. The molecule has 3 nitrogen and oxygen atoms in total. The predicted molar refractivity (Wildman–Crippen MR) is 57.0 cm³/mol. The molecule has 0 aromatic carbocycles. The van der Waals surface area contributed by atoms with Gasteiger partial charge in [0.2, 0.25) is 0 Å². The van der Waals surface area contributed by atoms with Gasteiger partial charge < -0.3 is 5.32 Å². The minimum absolute atomic E-state index is 0.357. The zero-order valence-corrected chi connectivity index (χ0v) is 8.24. The van der Waals surface area contributed by atoms with E-state index in [1.165, 1.54) is 12.3 Å². The van der Waals surface area contributed by atoms with Crippen LogP contribution < -0.4 is 5.32 Å². The van der Waals surface area contributed by atoms with Crippen molar-refractivity contribution in [2.24, 2.45) is 0 Å². The normalized spacial score (nSPS) is 10.0. The fourth-order valence-corrected chi connectivity index (χ4v) is 1.30. The molecule has 2 aromatic heterocycles. The monoisotopic (exact) mass is 203 g/mol. The molecule has 0 saturated heterocycles. The topological polar surface area (TPSA) is 37.8 Å². The average Bonchev–Trinajstić information content (AvgIpc) is 2.29. The number of halogens is 1. The van der Waals surface area contributed by atoms with Gasteiger partial charge >= 0.3 is 0 Å². The molecular formula is C11H10FN3. The van der Waals surface area contributed by atoms with Crippen LogP contribution in [0.1, 0.15) is 0 Å². The van der Waals surface area contributed by atoms with Gasteiger partial charge in [0.05, 0.1) is 11.9 Å². The second kappa shape index (κ2) is 4.04. The highest BCUT2D eigenvalue weighted by Crippen LogP contribution is 2.19. The minimum Gasteiger partial charge on any atom is -0.388 e. The molecule has 0 aliphatic rings. The zero-order chi connectivity index (χ0) is 10.7. The van der Waals surface area contributed by atoms with Crippen molar-refractivity contribution in [3.8, 4) is 11.3 Å². The molecule has 0 saturated carbocycles. The van der Waals surface area contributed by atoms with Gasteiger partial charge in [0.1, 0.15) is 5.82 Å². The summed E-state index contributed by atoms with van der Waals surface area (Å²) in [6.07, 6.45) is 4.43. The van der Waals surface area contributed by atoms with Gasteiger partial charge in [-0.2, -0.15) is 0 Å². The third-order valence-corrected chi connectivity index (χ3v) is 2.05. The molecule has 0 aliphatic carbocycles. The number of nitrogens with zero attached hydrogens (tertiary/aromatic N) is 2. The lowest BCUT2D eigenvalue weighted by molar-refractivity contribution is 0.622. The molecule has 2 heterocycles. The molecular weight excluding hydrogens is 193 g/mol. The van der Waals surface area contributed by atoms with Crippen LogP contribution in [0.4, 0.5) is 10.1 Å². The van der Waals surface area contributed by atoms with Gasteiger partial charge in [-0.15, -0.1) is 0 Å². The van der Waals surface area contributed by atoms with E-state index >= 15 is 0 Å². The van der Waals surface area contributed by atoms with E-state index in [0.29, 0.717) is 11.3 Å². The molecule has 0 atom stereocenters. The van der Waals surface area contributed by atoms with E-state index < -0.39 is 0 Å². The Hall–Kier alpha value is -1.97. The molecule has 0 unspecified atom stereocenters. The van der Waals surface area contributed by atoms with Gasteiger partial charge in [0.15, 0.2) is 0 Å². The fourth-order valence-electron chi connectivity index (χ4n) is 1.30. The van der Waals surface area contributed by atoms with Crippen molar-refractivity contribution in [3.63, 3.8) is 0 Å². The Morgan fingerprint density at radius 1 is 1.27 bits per heavy atom. The highest BCUT2D eigenvalue weighted by Gasteiger charge is 2.01. The SMILES string of the molecule is CNc1ccnc(-c2cncc(F)c2)c1. The Labute approximate surface area is 87.0 Å². The standard InChI is InChI=1S/C11H10FN3/c1-13-10-2-3-15-11(5-10)8-4-9(12)7-14-6-8/h2-7H,1H3,(H,13,15). The molecule has 0 fully saturated rings. The molecule has 0 bridgehead atoms.